The number of nitrogens with two attached hydrogens (primary N) is 1. The molecule has 0 bridgehead atoms. The van der Waals surface area contributed by atoms with Gasteiger partial charge in [0.2, 0.25) is 5.24 Å². The Morgan fingerprint density at radius 3 is 2.36 bits per heavy atom. The Labute approximate surface area is 92.5 Å². The van der Waals surface area contributed by atoms with Crippen molar-refractivity contribution in [2.75, 3.05) is 12.0 Å². The molecular formula is C8H14ClNO3S. The molecule has 0 aromatic heterocycles. The highest BCUT2D eigenvalue weighted by atomic mass is 35.5. The number of carbonyl (C=O) groups is 2. The van der Waals surface area contributed by atoms with Crippen LogP contribution in [0.25, 0.3) is 0 Å². The van der Waals surface area contributed by atoms with Crippen LogP contribution in [-0.4, -0.2) is 34.4 Å². The molecule has 0 saturated heterocycles. The lowest BCUT2D eigenvalue weighted by atomic mass is 10.2. The Hall–Kier alpha value is -0.520. The number of carbonyl (C=O) groups excluding carboxylic acids is 1. The zero-order valence-corrected chi connectivity index (χ0v) is 9.48. The molecule has 0 rings (SSSR count). The number of carboxylic acid groups (broad SMARTS) is 1. The molecular weight excluding hydrogens is 226 g/mol. The predicted molar refractivity (Wildman–Crippen MR) is 59.7 cm³/mol. The van der Waals surface area contributed by atoms with Gasteiger partial charge >= 0.3 is 5.97 Å². The number of thioether (sulfide) groups is 1. The summed E-state index contributed by atoms with van der Waals surface area (Å²) >= 11 is 6.31. The number of rotatable bonds is 5. The second-order valence-electron chi connectivity index (χ2n) is 2.23. The Morgan fingerprint density at radius 2 is 2.14 bits per heavy atom. The van der Waals surface area contributed by atoms with E-state index in [1.807, 2.05) is 6.26 Å². The maximum atomic E-state index is 10.1. The van der Waals surface area contributed by atoms with Crippen LogP contribution in [0, 0.1) is 0 Å². The maximum absolute atomic E-state index is 10.1. The molecule has 4 nitrogen and oxygen atoms in total. The molecule has 0 unspecified atom stereocenters. The monoisotopic (exact) mass is 239 g/mol. The van der Waals surface area contributed by atoms with E-state index < -0.39 is 17.3 Å². The fraction of sp³-hybridized carbons (Fsp3) is 0.500. The third kappa shape index (κ3) is 14.0. The van der Waals surface area contributed by atoms with E-state index in [2.05, 4.69) is 6.58 Å². The molecule has 1 atom stereocenters. The minimum Gasteiger partial charge on any atom is -0.480 e. The van der Waals surface area contributed by atoms with Gasteiger partial charge in [0.05, 0.1) is 0 Å². The van der Waals surface area contributed by atoms with Crippen LogP contribution >= 0.6 is 23.4 Å². The number of hydrogen-bond acceptors (Lipinski definition) is 4. The van der Waals surface area contributed by atoms with Gasteiger partial charge < -0.3 is 10.8 Å². The molecule has 0 aromatic carbocycles. The number of halogens is 1. The molecule has 0 aromatic rings. The number of carboxylic acids is 1. The summed E-state index contributed by atoms with van der Waals surface area (Å²) in [5.74, 6) is -0.1000. The molecule has 0 aliphatic carbocycles. The van der Waals surface area contributed by atoms with Crippen molar-refractivity contribution in [1.29, 1.82) is 0 Å². The van der Waals surface area contributed by atoms with E-state index in [0.717, 1.165) is 11.8 Å². The van der Waals surface area contributed by atoms with Crippen LogP contribution in [-0.2, 0) is 9.59 Å². The summed E-state index contributed by atoms with van der Waals surface area (Å²) in [4.78, 5) is 19.5. The second kappa shape index (κ2) is 10.6. The van der Waals surface area contributed by atoms with Crippen molar-refractivity contribution < 1.29 is 14.7 Å². The average molecular weight is 240 g/mol. The van der Waals surface area contributed by atoms with E-state index in [0.29, 0.717) is 6.42 Å². The molecule has 0 radical (unpaired) electrons. The van der Waals surface area contributed by atoms with Crippen molar-refractivity contribution in [3.63, 3.8) is 0 Å². The summed E-state index contributed by atoms with van der Waals surface area (Å²) in [5.41, 5.74) is 5.19. The molecule has 0 saturated carbocycles. The quantitative estimate of drug-likeness (QED) is 0.555. The molecule has 82 valence electrons. The highest BCUT2D eigenvalue weighted by Crippen LogP contribution is 1.97. The van der Waals surface area contributed by atoms with Gasteiger partial charge in [-0.15, -0.1) is 0 Å². The van der Waals surface area contributed by atoms with Crippen LogP contribution in [0.1, 0.15) is 6.42 Å². The van der Waals surface area contributed by atoms with Crippen LogP contribution in [0.2, 0.25) is 0 Å². The second-order valence-corrected chi connectivity index (χ2v) is 3.59. The Bertz CT molecular complexity index is 199. The number of hydrogen-bond donors (Lipinski definition) is 2. The largest absolute Gasteiger partial charge is 0.480 e. The van der Waals surface area contributed by atoms with Gasteiger partial charge in [0.15, 0.2) is 0 Å². The van der Waals surface area contributed by atoms with Gasteiger partial charge in [0.25, 0.3) is 0 Å². The lowest BCUT2D eigenvalue weighted by molar-refractivity contribution is -0.138. The third-order valence-electron chi connectivity index (χ3n) is 1.11. The van der Waals surface area contributed by atoms with Crippen LogP contribution in [0.5, 0.6) is 0 Å². The van der Waals surface area contributed by atoms with Gasteiger partial charge in [-0.1, -0.05) is 6.58 Å². The summed E-state index contributed by atoms with van der Waals surface area (Å²) in [6.45, 7) is 3.08. The minimum absolute atomic E-state index is 0.509. The van der Waals surface area contributed by atoms with Crippen molar-refractivity contribution in [2.45, 2.75) is 12.5 Å². The topological polar surface area (TPSA) is 80.4 Å². The van der Waals surface area contributed by atoms with Crippen LogP contribution in [0.15, 0.2) is 12.7 Å². The van der Waals surface area contributed by atoms with Gasteiger partial charge in [-0.3, -0.25) is 9.59 Å². The minimum atomic E-state index is -0.913. The summed E-state index contributed by atoms with van der Waals surface area (Å²) < 4.78 is 0. The normalized spacial score (nSPS) is 10.8. The Kier molecular flexibility index (Phi) is 12.0. The van der Waals surface area contributed by atoms with Gasteiger partial charge in [0, 0.05) is 0 Å². The van der Waals surface area contributed by atoms with E-state index in [1.54, 1.807) is 11.8 Å². The predicted octanol–water partition coefficient (Wildman–Crippen LogP) is 1.09. The van der Waals surface area contributed by atoms with Crippen molar-refractivity contribution in [3.8, 4) is 0 Å². The highest BCUT2D eigenvalue weighted by molar-refractivity contribution is 7.98. The molecule has 14 heavy (non-hydrogen) atoms. The molecule has 0 amide bonds. The first-order valence-corrected chi connectivity index (χ1v) is 5.52. The fourth-order valence-electron chi connectivity index (χ4n) is 0.368. The van der Waals surface area contributed by atoms with E-state index in [1.165, 1.54) is 0 Å². The molecule has 0 fully saturated rings. The number of allylic oxidation sites excluding steroid dienone is 1. The van der Waals surface area contributed by atoms with Crippen LogP contribution in [0.3, 0.4) is 0 Å². The lowest BCUT2D eigenvalue weighted by Crippen LogP contribution is -2.30. The van der Waals surface area contributed by atoms with Crippen molar-refractivity contribution in [3.05, 3.63) is 12.7 Å². The smallest absolute Gasteiger partial charge is 0.320 e. The first kappa shape index (κ1) is 15.9. The maximum Gasteiger partial charge on any atom is 0.320 e. The molecule has 6 heteroatoms. The van der Waals surface area contributed by atoms with E-state index in [-0.39, 0.29) is 0 Å². The first-order chi connectivity index (χ1) is 6.45. The summed E-state index contributed by atoms with van der Waals surface area (Å²) in [5, 5.41) is 7.77. The molecule has 0 heterocycles. The Morgan fingerprint density at radius 1 is 1.71 bits per heavy atom. The highest BCUT2D eigenvalue weighted by Gasteiger charge is 2.08. The number of aliphatic carboxylic acids is 1. The van der Waals surface area contributed by atoms with Gasteiger partial charge in [-0.2, -0.15) is 11.8 Å². The fourth-order valence-corrected chi connectivity index (χ4v) is 0.858. The Balaban J connectivity index is 0. The zero-order valence-electron chi connectivity index (χ0n) is 7.90. The zero-order chi connectivity index (χ0) is 11.6. The van der Waals surface area contributed by atoms with Crippen LogP contribution in [0.4, 0.5) is 0 Å². The van der Waals surface area contributed by atoms with E-state index >= 15 is 0 Å². The van der Waals surface area contributed by atoms with E-state index in [4.69, 9.17) is 22.4 Å². The van der Waals surface area contributed by atoms with Crippen LogP contribution < -0.4 is 5.73 Å². The van der Waals surface area contributed by atoms with Crippen molar-refractivity contribution >= 4 is 34.6 Å². The van der Waals surface area contributed by atoms with Crippen molar-refractivity contribution in [2.24, 2.45) is 5.73 Å². The molecule has 3 N–H and O–H groups in total. The van der Waals surface area contributed by atoms with Crippen molar-refractivity contribution in [1.82, 2.24) is 0 Å². The molecule has 0 aliphatic heterocycles. The SMILES string of the molecule is C=CC(=O)Cl.CSCC[C@H](N)C(=O)O. The summed E-state index contributed by atoms with van der Waals surface area (Å²) in [6.07, 6.45) is 3.52. The average Bonchev–Trinajstić information content (AvgIpc) is 2.14. The standard InChI is InChI=1S/C5H11NO2S.C3H3ClO/c1-9-3-2-4(6)5(7)8;1-2-3(4)5/h4H,2-3,6H2,1H3,(H,7,8);2H,1H2/t4-;/m0./s1. The third-order valence-corrected chi connectivity index (χ3v) is 1.91. The summed E-state index contributed by atoms with van der Waals surface area (Å²) in [7, 11) is 0. The van der Waals surface area contributed by atoms with E-state index in [9.17, 15) is 9.59 Å². The van der Waals surface area contributed by atoms with Gasteiger partial charge in [-0.05, 0) is 36.1 Å². The molecule has 0 spiro atoms. The van der Waals surface area contributed by atoms with Gasteiger partial charge in [-0.25, -0.2) is 0 Å². The summed E-state index contributed by atoms with van der Waals surface area (Å²) in [6, 6.07) is -0.683. The first-order valence-electron chi connectivity index (χ1n) is 3.74. The van der Waals surface area contributed by atoms with Gasteiger partial charge in [0.1, 0.15) is 6.04 Å². The molecule has 0 aliphatic rings. The lowest BCUT2D eigenvalue weighted by Gasteiger charge is -2.02.